The van der Waals surface area contributed by atoms with E-state index in [-0.39, 0.29) is 6.42 Å². The number of barbiturate groups is 1. The molecule has 8 heteroatoms. The highest BCUT2D eigenvalue weighted by atomic mass is 32.2. The SMILES string of the molecule is CCCCCSC1(CC)C(=O)NC(=O)N(C(=O)OC)C1=O. The Bertz CT molecular complexity index is 454. The topological polar surface area (TPSA) is 92.8 Å². The highest BCUT2D eigenvalue weighted by molar-refractivity contribution is 8.02. The number of methoxy groups -OCH3 is 1. The molecule has 0 aliphatic carbocycles. The lowest BCUT2D eigenvalue weighted by molar-refractivity contribution is -0.138. The van der Waals surface area contributed by atoms with Crippen LogP contribution < -0.4 is 5.32 Å². The number of amides is 5. The lowest BCUT2D eigenvalue weighted by Crippen LogP contribution is -2.67. The van der Waals surface area contributed by atoms with Crippen LogP contribution >= 0.6 is 11.8 Å². The number of nitrogens with zero attached hydrogens (tertiary/aromatic N) is 1. The van der Waals surface area contributed by atoms with Crippen molar-refractivity contribution in [2.45, 2.75) is 44.3 Å². The van der Waals surface area contributed by atoms with Gasteiger partial charge < -0.3 is 4.74 Å². The van der Waals surface area contributed by atoms with E-state index >= 15 is 0 Å². The fourth-order valence-corrected chi connectivity index (χ4v) is 3.32. The Balaban J connectivity index is 2.99. The Labute approximate surface area is 127 Å². The van der Waals surface area contributed by atoms with E-state index < -0.39 is 28.7 Å². The molecule has 1 heterocycles. The Morgan fingerprint density at radius 3 is 2.48 bits per heavy atom. The van der Waals surface area contributed by atoms with Gasteiger partial charge in [0.05, 0.1) is 7.11 Å². The van der Waals surface area contributed by atoms with E-state index in [0.717, 1.165) is 26.4 Å². The van der Waals surface area contributed by atoms with E-state index in [1.165, 1.54) is 11.8 Å². The normalized spacial score (nSPS) is 22.2. The number of nitrogens with one attached hydrogen (secondary N) is 1. The van der Waals surface area contributed by atoms with Gasteiger partial charge in [-0.3, -0.25) is 14.9 Å². The van der Waals surface area contributed by atoms with Crippen molar-refractivity contribution >= 4 is 35.7 Å². The molecule has 1 saturated heterocycles. The first kappa shape index (κ1) is 17.5. The number of ether oxygens (including phenoxy) is 1. The van der Waals surface area contributed by atoms with Gasteiger partial charge in [0.2, 0.25) is 0 Å². The summed E-state index contributed by atoms with van der Waals surface area (Å²) < 4.78 is 2.98. The van der Waals surface area contributed by atoms with Crippen molar-refractivity contribution in [1.29, 1.82) is 0 Å². The summed E-state index contributed by atoms with van der Waals surface area (Å²) in [6.07, 6.45) is 1.97. The molecule has 118 valence electrons. The van der Waals surface area contributed by atoms with Gasteiger partial charge in [-0.1, -0.05) is 26.7 Å². The summed E-state index contributed by atoms with van der Waals surface area (Å²) in [5.41, 5.74) is 0. The van der Waals surface area contributed by atoms with Gasteiger partial charge in [-0.2, -0.15) is 4.90 Å². The zero-order valence-electron chi connectivity index (χ0n) is 12.4. The number of urea groups is 1. The molecule has 1 aliphatic heterocycles. The standard InChI is InChI=1S/C13H20N2O5S/c1-4-6-7-8-21-13(5-2)9(16)14-11(18)15(10(13)17)12(19)20-3/h4-8H2,1-3H3,(H,14,16,18). The quantitative estimate of drug-likeness (QED) is 0.594. The molecule has 1 aliphatic rings. The molecule has 21 heavy (non-hydrogen) atoms. The zero-order valence-corrected chi connectivity index (χ0v) is 13.2. The number of hydrogen-bond acceptors (Lipinski definition) is 6. The van der Waals surface area contributed by atoms with Crippen molar-refractivity contribution < 1.29 is 23.9 Å². The Morgan fingerprint density at radius 1 is 1.29 bits per heavy atom. The van der Waals surface area contributed by atoms with Crippen LogP contribution in [0.5, 0.6) is 0 Å². The number of carbonyl (C=O) groups excluding carboxylic acids is 4. The summed E-state index contributed by atoms with van der Waals surface area (Å²) in [4.78, 5) is 48.2. The number of carbonyl (C=O) groups is 4. The van der Waals surface area contributed by atoms with Gasteiger partial charge in [0.25, 0.3) is 11.8 Å². The van der Waals surface area contributed by atoms with Crippen LogP contribution in [0.4, 0.5) is 9.59 Å². The molecular formula is C13H20N2O5S. The summed E-state index contributed by atoms with van der Waals surface area (Å²) in [5, 5.41) is 2.06. The second-order valence-electron chi connectivity index (χ2n) is 4.61. The summed E-state index contributed by atoms with van der Waals surface area (Å²) in [7, 11) is 1.07. The maximum atomic E-state index is 12.5. The summed E-state index contributed by atoms with van der Waals surface area (Å²) >= 11 is 1.17. The number of imide groups is 4. The first-order valence-electron chi connectivity index (χ1n) is 6.86. The van der Waals surface area contributed by atoms with E-state index in [0.29, 0.717) is 10.7 Å². The number of rotatable bonds is 6. The maximum absolute atomic E-state index is 12.5. The Morgan fingerprint density at radius 2 is 1.95 bits per heavy atom. The summed E-state index contributed by atoms with van der Waals surface area (Å²) in [5.74, 6) is -0.891. The van der Waals surface area contributed by atoms with Gasteiger partial charge in [-0.25, -0.2) is 9.59 Å². The van der Waals surface area contributed by atoms with E-state index in [1.807, 2.05) is 0 Å². The molecular weight excluding hydrogens is 296 g/mol. The largest absolute Gasteiger partial charge is 0.452 e. The molecule has 7 nitrogen and oxygen atoms in total. The van der Waals surface area contributed by atoms with Gasteiger partial charge in [0, 0.05) is 0 Å². The van der Waals surface area contributed by atoms with Crippen LogP contribution in [0, 0.1) is 0 Å². The van der Waals surface area contributed by atoms with Gasteiger partial charge in [0.1, 0.15) is 0 Å². The van der Waals surface area contributed by atoms with Crippen LogP contribution in [0.3, 0.4) is 0 Å². The van der Waals surface area contributed by atoms with Crippen LogP contribution in [-0.4, -0.2) is 46.4 Å². The number of hydrogen-bond donors (Lipinski definition) is 1. The smallest absolute Gasteiger partial charge is 0.424 e. The average Bonchev–Trinajstić information content (AvgIpc) is 2.46. The first-order valence-corrected chi connectivity index (χ1v) is 7.85. The van der Waals surface area contributed by atoms with Crippen LogP contribution in [0.1, 0.15) is 39.5 Å². The van der Waals surface area contributed by atoms with Gasteiger partial charge in [0.15, 0.2) is 4.75 Å². The zero-order chi connectivity index (χ0) is 16.0. The highest BCUT2D eigenvalue weighted by Gasteiger charge is 2.55. The third-order valence-corrected chi connectivity index (χ3v) is 4.92. The van der Waals surface area contributed by atoms with Crippen molar-refractivity contribution in [3.05, 3.63) is 0 Å². The predicted octanol–water partition coefficient (Wildman–Crippen LogP) is 1.90. The molecule has 0 aromatic carbocycles. The van der Waals surface area contributed by atoms with Crippen LogP contribution in [-0.2, 0) is 14.3 Å². The molecule has 1 unspecified atom stereocenters. The fraction of sp³-hybridized carbons (Fsp3) is 0.692. The lowest BCUT2D eigenvalue weighted by atomic mass is 10.0. The van der Waals surface area contributed by atoms with E-state index in [4.69, 9.17) is 0 Å². The lowest BCUT2D eigenvalue weighted by Gasteiger charge is -2.36. The van der Waals surface area contributed by atoms with Crippen molar-refractivity contribution in [2.75, 3.05) is 12.9 Å². The van der Waals surface area contributed by atoms with Crippen molar-refractivity contribution in [3.8, 4) is 0 Å². The molecule has 0 saturated carbocycles. The average molecular weight is 316 g/mol. The minimum Gasteiger partial charge on any atom is -0.452 e. The molecule has 0 radical (unpaired) electrons. The second kappa shape index (κ2) is 7.44. The third-order valence-electron chi connectivity index (χ3n) is 3.29. The Kier molecular flexibility index (Phi) is 6.19. The predicted molar refractivity (Wildman–Crippen MR) is 77.8 cm³/mol. The molecule has 1 fully saturated rings. The third kappa shape index (κ3) is 3.37. The summed E-state index contributed by atoms with van der Waals surface area (Å²) in [6.45, 7) is 3.73. The molecule has 1 rings (SSSR count). The molecule has 0 bridgehead atoms. The van der Waals surface area contributed by atoms with Crippen molar-refractivity contribution in [2.24, 2.45) is 0 Å². The molecule has 0 aromatic rings. The van der Waals surface area contributed by atoms with E-state index in [9.17, 15) is 19.2 Å². The Hall–Kier alpha value is -1.57. The second-order valence-corrected chi connectivity index (χ2v) is 6.00. The molecule has 1 N–H and O–H groups in total. The van der Waals surface area contributed by atoms with Gasteiger partial charge >= 0.3 is 12.1 Å². The number of unbranched alkanes of at least 4 members (excludes halogenated alkanes) is 2. The van der Waals surface area contributed by atoms with Crippen molar-refractivity contribution in [3.63, 3.8) is 0 Å². The minimum absolute atomic E-state index is 0.190. The van der Waals surface area contributed by atoms with E-state index in [2.05, 4.69) is 17.0 Å². The van der Waals surface area contributed by atoms with Crippen LogP contribution in [0.2, 0.25) is 0 Å². The molecule has 1 atom stereocenters. The van der Waals surface area contributed by atoms with Gasteiger partial charge in [-0.05, 0) is 18.6 Å². The molecule has 0 spiro atoms. The maximum Gasteiger partial charge on any atom is 0.424 e. The fourth-order valence-electron chi connectivity index (χ4n) is 2.02. The first-order chi connectivity index (χ1) is 9.94. The molecule has 0 aromatic heterocycles. The molecule has 5 amide bonds. The van der Waals surface area contributed by atoms with Crippen molar-refractivity contribution in [1.82, 2.24) is 10.2 Å². The van der Waals surface area contributed by atoms with Crippen LogP contribution in [0.25, 0.3) is 0 Å². The monoisotopic (exact) mass is 316 g/mol. The number of thioether (sulfide) groups is 1. The summed E-state index contributed by atoms with van der Waals surface area (Å²) in [6, 6.07) is -1.06. The highest BCUT2D eigenvalue weighted by Crippen LogP contribution is 2.35. The van der Waals surface area contributed by atoms with E-state index in [1.54, 1.807) is 6.92 Å². The van der Waals surface area contributed by atoms with Crippen LogP contribution in [0.15, 0.2) is 0 Å². The van der Waals surface area contributed by atoms with Gasteiger partial charge in [-0.15, -0.1) is 11.8 Å². The minimum atomic E-state index is -1.45.